The number of piperazine rings is 1. The predicted octanol–water partition coefficient (Wildman–Crippen LogP) is 0.207. The molecule has 2 rings (SSSR count). The summed E-state index contributed by atoms with van der Waals surface area (Å²) in [5, 5.41) is 1.43. The fourth-order valence-electron chi connectivity index (χ4n) is 1.93. The molecule has 0 aliphatic carbocycles. The molecule has 1 fully saturated rings. The van der Waals surface area contributed by atoms with Crippen LogP contribution in [0.5, 0.6) is 0 Å². The minimum Gasteiger partial charge on any atom is -0.362 e. The number of rotatable bonds is 2. The Morgan fingerprint density at radius 2 is 1.95 bits per heavy atom. The van der Waals surface area contributed by atoms with Gasteiger partial charge in [0.15, 0.2) is 0 Å². The van der Waals surface area contributed by atoms with Crippen molar-refractivity contribution in [1.82, 2.24) is 9.96 Å². The van der Waals surface area contributed by atoms with Crippen LogP contribution in [0.1, 0.15) is 17.3 Å². The van der Waals surface area contributed by atoms with E-state index in [2.05, 4.69) is 0 Å². The second kappa shape index (κ2) is 5.81. The van der Waals surface area contributed by atoms with Crippen molar-refractivity contribution in [2.75, 3.05) is 19.6 Å². The molecule has 2 N–H and O–H groups in total. The van der Waals surface area contributed by atoms with Gasteiger partial charge in [0.1, 0.15) is 6.17 Å². The molecule has 0 bridgehead atoms. The fraction of sp³-hybridized carbons (Fsp3) is 0.385. The lowest BCUT2D eigenvalue weighted by atomic mass is 10.2. The van der Waals surface area contributed by atoms with Crippen LogP contribution in [0, 0.1) is 0 Å². The van der Waals surface area contributed by atoms with E-state index in [1.807, 2.05) is 6.07 Å². The standard InChI is InChI=1S/C13H17N3O3/c1-10(17)15-7-8-16(12(14)9-15)19-13(18)11-5-3-2-4-6-11/h2-6,12H,7-9,14H2,1H3. The van der Waals surface area contributed by atoms with Crippen LogP contribution in [0.2, 0.25) is 0 Å². The van der Waals surface area contributed by atoms with Crippen molar-refractivity contribution in [3.05, 3.63) is 35.9 Å². The van der Waals surface area contributed by atoms with E-state index in [4.69, 9.17) is 10.6 Å². The number of amides is 1. The zero-order valence-corrected chi connectivity index (χ0v) is 10.8. The van der Waals surface area contributed by atoms with Crippen molar-refractivity contribution < 1.29 is 14.4 Å². The van der Waals surface area contributed by atoms with Gasteiger partial charge >= 0.3 is 5.97 Å². The molecule has 1 saturated heterocycles. The quantitative estimate of drug-likeness (QED) is 0.825. The topological polar surface area (TPSA) is 75.9 Å². The van der Waals surface area contributed by atoms with E-state index in [9.17, 15) is 9.59 Å². The summed E-state index contributed by atoms with van der Waals surface area (Å²) in [5.74, 6) is -0.461. The SMILES string of the molecule is CC(=O)N1CCN(OC(=O)c2ccccc2)C(N)C1. The molecule has 0 aromatic heterocycles. The van der Waals surface area contributed by atoms with Crippen LogP contribution in [0.3, 0.4) is 0 Å². The van der Waals surface area contributed by atoms with Gasteiger partial charge in [-0.1, -0.05) is 18.2 Å². The summed E-state index contributed by atoms with van der Waals surface area (Å²) in [6, 6.07) is 8.72. The highest BCUT2D eigenvalue weighted by molar-refractivity contribution is 5.89. The monoisotopic (exact) mass is 263 g/mol. The van der Waals surface area contributed by atoms with Crippen LogP contribution >= 0.6 is 0 Å². The molecule has 1 aromatic rings. The molecule has 1 heterocycles. The Labute approximate surface area is 111 Å². The number of carbonyl (C=O) groups excluding carboxylic acids is 2. The number of hydrogen-bond acceptors (Lipinski definition) is 5. The number of nitrogens with zero attached hydrogens (tertiary/aromatic N) is 2. The normalized spacial score (nSPS) is 20.1. The van der Waals surface area contributed by atoms with Crippen LogP contribution in [0.25, 0.3) is 0 Å². The first-order chi connectivity index (χ1) is 9.08. The fourth-order valence-corrected chi connectivity index (χ4v) is 1.93. The van der Waals surface area contributed by atoms with Crippen LogP contribution < -0.4 is 5.73 Å². The van der Waals surface area contributed by atoms with Crippen molar-refractivity contribution in [3.8, 4) is 0 Å². The maximum absolute atomic E-state index is 11.9. The van der Waals surface area contributed by atoms with E-state index in [1.54, 1.807) is 29.2 Å². The van der Waals surface area contributed by atoms with Gasteiger partial charge in [-0.25, -0.2) is 4.79 Å². The second-order valence-corrected chi connectivity index (χ2v) is 4.42. The molecular weight excluding hydrogens is 246 g/mol. The van der Waals surface area contributed by atoms with Gasteiger partial charge < -0.3 is 15.5 Å². The minimum absolute atomic E-state index is 0.0236. The summed E-state index contributed by atoms with van der Waals surface area (Å²) in [6.07, 6.45) is -0.495. The Morgan fingerprint density at radius 1 is 1.26 bits per heavy atom. The maximum atomic E-state index is 11.9. The van der Waals surface area contributed by atoms with Gasteiger partial charge in [0.2, 0.25) is 5.91 Å². The van der Waals surface area contributed by atoms with Crippen molar-refractivity contribution in [3.63, 3.8) is 0 Å². The molecule has 1 amide bonds. The van der Waals surface area contributed by atoms with Crippen LogP contribution in [-0.2, 0) is 9.63 Å². The van der Waals surface area contributed by atoms with Gasteiger partial charge in [0, 0.05) is 13.5 Å². The first-order valence-corrected chi connectivity index (χ1v) is 6.13. The third-order valence-electron chi connectivity index (χ3n) is 3.02. The van der Waals surface area contributed by atoms with Gasteiger partial charge in [-0.15, -0.1) is 5.06 Å². The Balaban J connectivity index is 1.94. The number of benzene rings is 1. The van der Waals surface area contributed by atoms with Crippen molar-refractivity contribution in [2.24, 2.45) is 5.73 Å². The Hall–Kier alpha value is -1.92. The average molecular weight is 263 g/mol. The first-order valence-electron chi connectivity index (χ1n) is 6.13. The van der Waals surface area contributed by atoms with Gasteiger partial charge in [0.25, 0.3) is 0 Å². The number of carbonyl (C=O) groups is 2. The lowest BCUT2D eigenvalue weighted by Gasteiger charge is -2.37. The molecule has 1 aliphatic rings. The molecule has 6 nitrogen and oxygen atoms in total. The van der Waals surface area contributed by atoms with Gasteiger partial charge in [-0.05, 0) is 12.1 Å². The average Bonchev–Trinajstić information content (AvgIpc) is 2.41. The highest BCUT2D eigenvalue weighted by atomic mass is 16.7. The molecule has 1 aliphatic heterocycles. The van der Waals surface area contributed by atoms with Crippen molar-refractivity contribution >= 4 is 11.9 Å². The van der Waals surface area contributed by atoms with E-state index in [1.165, 1.54) is 12.0 Å². The van der Waals surface area contributed by atoms with Crippen LogP contribution in [-0.4, -0.2) is 47.6 Å². The first kappa shape index (κ1) is 13.5. The summed E-state index contributed by atoms with van der Waals surface area (Å²) >= 11 is 0. The minimum atomic E-state index is -0.495. The second-order valence-electron chi connectivity index (χ2n) is 4.42. The van der Waals surface area contributed by atoms with Gasteiger partial charge in [-0.2, -0.15) is 0 Å². The molecule has 102 valence electrons. The molecular formula is C13H17N3O3. The molecule has 6 heteroatoms. The maximum Gasteiger partial charge on any atom is 0.357 e. The predicted molar refractivity (Wildman–Crippen MR) is 68.8 cm³/mol. The number of hydroxylamine groups is 2. The van der Waals surface area contributed by atoms with Crippen LogP contribution in [0.4, 0.5) is 0 Å². The molecule has 1 atom stereocenters. The molecule has 1 unspecified atom stereocenters. The number of nitrogens with two attached hydrogens (primary N) is 1. The summed E-state index contributed by atoms with van der Waals surface area (Å²) in [4.78, 5) is 30.0. The highest BCUT2D eigenvalue weighted by Gasteiger charge is 2.28. The molecule has 0 spiro atoms. The highest BCUT2D eigenvalue weighted by Crippen LogP contribution is 2.10. The summed E-state index contributed by atoms with van der Waals surface area (Å²) < 4.78 is 0. The molecule has 0 saturated carbocycles. The van der Waals surface area contributed by atoms with E-state index in [-0.39, 0.29) is 5.91 Å². The molecule has 1 aromatic carbocycles. The van der Waals surface area contributed by atoms with Crippen molar-refractivity contribution in [1.29, 1.82) is 0 Å². The lowest BCUT2D eigenvalue weighted by molar-refractivity contribution is -0.167. The summed E-state index contributed by atoms with van der Waals surface area (Å²) in [7, 11) is 0. The smallest absolute Gasteiger partial charge is 0.357 e. The molecule has 19 heavy (non-hydrogen) atoms. The van der Waals surface area contributed by atoms with Gasteiger partial charge in [-0.3, -0.25) is 4.79 Å². The lowest BCUT2D eigenvalue weighted by Crippen LogP contribution is -2.58. The third-order valence-corrected chi connectivity index (χ3v) is 3.02. The Morgan fingerprint density at radius 3 is 2.53 bits per heavy atom. The number of hydrogen-bond donors (Lipinski definition) is 1. The van der Waals surface area contributed by atoms with E-state index in [0.717, 1.165) is 0 Å². The third kappa shape index (κ3) is 3.30. The molecule has 0 radical (unpaired) electrons. The summed E-state index contributed by atoms with van der Waals surface area (Å²) in [5.41, 5.74) is 6.36. The van der Waals surface area contributed by atoms with E-state index in [0.29, 0.717) is 25.2 Å². The zero-order chi connectivity index (χ0) is 13.8. The van der Waals surface area contributed by atoms with Crippen molar-refractivity contribution in [2.45, 2.75) is 13.1 Å². The van der Waals surface area contributed by atoms with Gasteiger partial charge in [0.05, 0.1) is 18.7 Å². The largest absolute Gasteiger partial charge is 0.362 e. The van der Waals surface area contributed by atoms with E-state index < -0.39 is 12.1 Å². The van der Waals surface area contributed by atoms with E-state index >= 15 is 0 Å². The Kier molecular flexibility index (Phi) is 4.13. The Bertz CT molecular complexity index is 463. The summed E-state index contributed by atoms with van der Waals surface area (Å²) in [6.45, 7) is 2.78. The van der Waals surface area contributed by atoms with Crippen LogP contribution in [0.15, 0.2) is 30.3 Å². The zero-order valence-electron chi connectivity index (χ0n) is 10.8.